The van der Waals surface area contributed by atoms with E-state index in [0.29, 0.717) is 12.2 Å². The lowest BCUT2D eigenvalue weighted by molar-refractivity contribution is -0.149. The molecule has 0 amide bonds. The number of hydrogen-bond acceptors (Lipinski definition) is 5. The van der Waals surface area contributed by atoms with Gasteiger partial charge in [0.1, 0.15) is 18.1 Å². The fraction of sp³-hybridized carbons (Fsp3) is 0.500. The first kappa shape index (κ1) is 26.4. The average Bonchev–Trinajstić information content (AvgIpc) is 2.81. The van der Waals surface area contributed by atoms with Crippen molar-refractivity contribution in [1.82, 2.24) is 0 Å². The predicted molar refractivity (Wildman–Crippen MR) is 130 cm³/mol. The molecular weight excluding hydrogens is 416 g/mol. The Hall–Kier alpha value is -2.82. The van der Waals surface area contributed by atoms with Crippen molar-refractivity contribution in [2.45, 2.75) is 90.8 Å². The first-order valence-corrected chi connectivity index (χ1v) is 12.2. The van der Waals surface area contributed by atoms with Gasteiger partial charge < -0.3 is 14.2 Å². The first-order chi connectivity index (χ1) is 16.1. The summed E-state index contributed by atoms with van der Waals surface area (Å²) >= 11 is 0. The SMILES string of the molecule is CCCCCCCCC(C)OC(=O)CCCC(=O)OCc1cccc(Oc2ccccc2)c1. The number of ether oxygens (including phenoxy) is 3. The van der Waals surface area contributed by atoms with Crippen LogP contribution >= 0.6 is 0 Å². The second-order valence-electron chi connectivity index (χ2n) is 8.43. The molecule has 0 aromatic heterocycles. The highest BCUT2D eigenvalue weighted by molar-refractivity contribution is 5.72. The summed E-state index contributed by atoms with van der Waals surface area (Å²) in [6.45, 7) is 4.32. The van der Waals surface area contributed by atoms with Crippen molar-refractivity contribution in [3.8, 4) is 11.5 Å². The minimum Gasteiger partial charge on any atom is -0.463 e. The molecule has 0 saturated carbocycles. The number of para-hydroxylation sites is 1. The number of carbonyl (C=O) groups excluding carboxylic acids is 2. The Labute approximate surface area is 198 Å². The summed E-state index contributed by atoms with van der Waals surface area (Å²) in [6.07, 6.45) is 9.04. The maximum absolute atomic E-state index is 12.0. The van der Waals surface area contributed by atoms with Crippen molar-refractivity contribution >= 4 is 11.9 Å². The van der Waals surface area contributed by atoms with Crippen LogP contribution in [0.25, 0.3) is 0 Å². The molecule has 0 aliphatic heterocycles. The number of carbonyl (C=O) groups is 2. The van der Waals surface area contributed by atoms with Crippen LogP contribution in [0.1, 0.15) is 83.6 Å². The van der Waals surface area contributed by atoms with E-state index in [-0.39, 0.29) is 37.5 Å². The number of unbranched alkanes of at least 4 members (excludes halogenated alkanes) is 5. The van der Waals surface area contributed by atoms with Crippen LogP contribution in [-0.4, -0.2) is 18.0 Å². The predicted octanol–water partition coefficient (Wildman–Crippen LogP) is 7.37. The first-order valence-electron chi connectivity index (χ1n) is 12.2. The molecule has 2 aromatic carbocycles. The van der Waals surface area contributed by atoms with Crippen LogP contribution in [0.2, 0.25) is 0 Å². The van der Waals surface area contributed by atoms with Gasteiger partial charge in [0.05, 0.1) is 6.10 Å². The Kier molecular flexibility index (Phi) is 12.7. The lowest BCUT2D eigenvalue weighted by atomic mass is 10.1. The zero-order chi connectivity index (χ0) is 23.7. The lowest BCUT2D eigenvalue weighted by Gasteiger charge is -2.13. The van der Waals surface area contributed by atoms with Crippen molar-refractivity contribution in [3.63, 3.8) is 0 Å². The highest BCUT2D eigenvalue weighted by Gasteiger charge is 2.11. The third kappa shape index (κ3) is 12.1. The summed E-state index contributed by atoms with van der Waals surface area (Å²) in [5.74, 6) is 0.872. The van der Waals surface area contributed by atoms with Crippen LogP contribution in [0, 0.1) is 0 Å². The van der Waals surface area contributed by atoms with E-state index in [9.17, 15) is 9.59 Å². The topological polar surface area (TPSA) is 61.8 Å². The van der Waals surface area contributed by atoms with Crippen molar-refractivity contribution < 1.29 is 23.8 Å². The fourth-order valence-electron chi connectivity index (χ4n) is 3.49. The van der Waals surface area contributed by atoms with Gasteiger partial charge in [0.15, 0.2) is 0 Å². The highest BCUT2D eigenvalue weighted by atomic mass is 16.5. The van der Waals surface area contributed by atoms with Gasteiger partial charge in [0.2, 0.25) is 0 Å². The zero-order valence-electron chi connectivity index (χ0n) is 20.1. The summed E-state index contributed by atoms with van der Waals surface area (Å²) in [4.78, 5) is 24.0. The maximum atomic E-state index is 12.0. The second-order valence-corrected chi connectivity index (χ2v) is 8.43. The Morgan fingerprint density at radius 2 is 1.48 bits per heavy atom. The van der Waals surface area contributed by atoms with Crippen LogP contribution in [0.4, 0.5) is 0 Å². The van der Waals surface area contributed by atoms with E-state index < -0.39 is 0 Å². The fourth-order valence-corrected chi connectivity index (χ4v) is 3.49. The molecule has 0 aliphatic carbocycles. The van der Waals surface area contributed by atoms with E-state index in [1.165, 1.54) is 32.1 Å². The van der Waals surface area contributed by atoms with E-state index in [1.807, 2.05) is 61.5 Å². The monoisotopic (exact) mass is 454 g/mol. The molecule has 180 valence electrons. The molecule has 2 aromatic rings. The quantitative estimate of drug-likeness (QED) is 0.196. The van der Waals surface area contributed by atoms with E-state index >= 15 is 0 Å². The molecule has 0 heterocycles. The summed E-state index contributed by atoms with van der Waals surface area (Å²) in [6, 6.07) is 17.0. The van der Waals surface area contributed by atoms with Gasteiger partial charge in [0.25, 0.3) is 0 Å². The van der Waals surface area contributed by atoms with Gasteiger partial charge in [-0.05, 0) is 56.0 Å². The van der Waals surface area contributed by atoms with Crippen LogP contribution in [0.5, 0.6) is 11.5 Å². The van der Waals surface area contributed by atoms with E-state index in [2.05, 4.69) is 6.92 Å². The van der Waals surface area contributed by atoms with Crippen molar-refractivity contribution in [2.75, 3.05) is 0 Å². The number of rotatable bonds is 16. The maximum Gasteiger partial charge on any atom is 0.306 e. The molecule has 5 heteroatoms. The molecule has 0 aliphatic rings. The van der Waals surface area contributed by atoms with Gasteiger partial charge in [0, 0.05) is 12.8 Å². The molecule has 0 bridgehead atoms. The smallest absolute Gasteiger partial charge is 0.306 e. The minimum atomic E-state index is -0.322. The van der Waals surface area contributed by atoms with Crippen LogP contribution < -0.4 is 4.74 Å². The molecule has 0 spiro atoms. The van der Waals surface area contributed by atoms with Gasteiger partial charge in [-0.3, -0.25) is 9.59 Å². The van der Waals surface area contributed by atoms with Gasteiger partial charge in [-0.2, -0.15) is 0 Å². The molecular formula is C28H38O5. The van der Waals surface area contributed by atoms with Crippen LogP contribution in [-0.2, 0) is 25.7 Å². The third-order valence-electron chi connectivity index (χ3n) is 5.34. The summed E-state index contributed by atoms with van der Waals surface area (Å²) < 4.78 is 16.6. The number of hydrogen-bond donors (Lipinski definition) is 0. The molecule has 0 fully saturated rings. The van der Waals surface area contributed by atoms with Crippen molar-refractivity contribution in [2.24, 2.45) is 0 Å². The summed E-state index contributed by atoms with van der Waals surface area (Å²) in [7, 11) is 0. The van der Waals surface area contributed by atoms with Crippen molar-refractivity contribution in [3.05, 3.63) is 60.2 Å². The van der Waals surface area contributed by atoms with Gasteiger partial charge >= 0.3 is 11.9 Å². The third-order valence-corrected chi connectivity index (χ3v) is 5.34. The van der Waals surface area contributed by atoms with Gasteiger partial charge in [-0.25, -0.2) is 0 Å². The molecule has 1 atom stereocenters. The molecule has 0 saturated heterocycles. The average molecular weight is 455 g/mol. The summed E-state index contributed by atoms with van der Waals surface area (Å²) in [5, 5.41) is 0. The van der Waals surface area contributed by atoms with E-state index in [0.717, 1.165) is 24.2 Å². The van der Waals surface area contributed by atoms with Crippen LogP contribution in [0.15, 0.2) is 54.6 Å². The molecule has 0 N–H and O–H groups in total. The normalized spacial score (nSPS) is 11.6. The summed E-state index contributed by atoms with van der Waals surface area (Å²) in [5.41, 5.74) is 0.847. The zero-order valence-corrected chi connectivity index (χ0v) is 20.1. The van der Waals surface area contributed by atoms with E-state index in [4.69, 9.17) is 14.2 Å². The van der Waals surface area contributed by atoms with Crippen LogP contribution in [0.3, 0.4) is 0 Å². The van der Waals surface area contributed by atoms with Crippen molar-refractivity contribution in [1.29, 1.82) is 0 Å². The van der Waals surface area contributed by atoms with E-state index in [1.54, 1.807) is 0 Å². The molecule has 2 rings (SSSR count). The standard InChI is InChI=1S/C28H38O5/c1-3-4-5-6-7-9-14-23(2)32-28(30)20-13-19-27(29)31-22-24-15-12-18-26(21-24)33-25-16-10-8-11-17-25/h8,10-12,15-18,21,23H,3-7,9,13-14,19-20,22H2,1-2H3. The molecule has 1 unspecified atom stereocenters. The Balaban J connectivity index is 1.58. The molecule has 33 heavy (non-hydrogen) atoms. The number of esters is 2. The molecule has 5 nitrogen and oxygen atoms in total. The molecule has 0 radical (unpaired) electrons. The Bertz CT molecular complexity index is 818. The Morgan fingerprint density at radius 1 is 0.788 bits per heavy atom. The highest BCUT2D eigenvalue weighted by Crippen LogP contribution is 2.22. The largest absolute Gasteiger partial charge is 0.463 e. The number of benzene rings is 2. The second kappa shape index (κ2) is 15.9. The van der Waals surface area contributed by atoms with Gasteiger partial charge in [-0.15, -0.1) is 0 Å². The minimum absolute atomic E-state index is 0.0685. The lowest BCUT2D eigenvalue weighted by Crippen LogP contribution is -2.15. The van der Waals surface area contributed by atoms with Gasteiger partial charge in [-0.1, -0.05) is 69.4 Å². The Morgan fingerprint density at radius 3 is 2.27 bits per heavy atom.